The number of carbonyl (C=O) groups is 1. The van der Waals surface area contributed by atoms with Crippen molar-refractivity contribution in [3.8, 4) is 0 Å². The molecule has 0 bridgehead atoms. The number of carbonyl (C=O) groups excluding carboxylic acids is 1. The summed E-state index contributed by atoms with van der Waals surface area (Å²) in [6.45, 7) is 9.31. The lowest BCUT2D eigenvalue weighted by molar-refractivity contribution is -0.146. The average molecular weight is 370 g/mol. The van der Waals surface area contributed by atoms with Gasteiger partial charge in [-0.2, -0.15) is 17.7 Å². The van der Waals surface area contributed by atoms with Crippen molar-refractivity contribution in [1.82, 2.24) is 24.7 Å². The highest BCUT2D eigenvalue weighted by molar-refractivity contribution is 5.83. The Morgan fingerprint density at radius 2 is 1.81 bits per heavy atom. The molecule has 0 aliphatic carbocycles. The number of piperazine rings is 1. The van der Waals surface area contributed by atoms with Crippen molar-refractivity contribution in [3.05, 3.63) is 17.0 Å². The summed E-state index contributed by atoms with van der Waals surface area (Å²) in [4.78, 5) is 15.9. The van der Waals surface area contributed by atoms with Gasteiger partial charge in [-0.25, -0.2) is 0 Å². The maximum absolute atomic E-state index is 13.2. The monoisotopic (exact) mass is 370 g/mol. The minimum absolute atomic E-state index is 0.0521. The molecule has 1 aliphatic rings. The molecule has 10 heteroatoms. The van der Waals surface area contributed by atoms with Gasteiger partial charge in [-0.3, -0.25) is 4.79 Å². The fourth-order valence-corrected chi connectivity index (χ4v) is 3.11. The number of alkyl halides is 3. The van der Waals surface area contributed by atoms with Crippen LogP contribution in [-0.4, -0.2) is 56.8 Å². The van der Waals surface area contributed by atoms with Gasteiger partial charge in [0.1, 0.15) is 0 Å². The van der Waals surface area contributed by atoms with Crippen LogP contribution in [0.4, 0.5) is 19.0 Å². The minimum Gasteiger partial charge on any atom is -0.344 e. The second-order valence-electron chi connectivity index (χ2n) is 6.99. The number of fused-ring (bicyclic) bond motifs is 1. The largest absolute Gasteiger partial charge is 0.453 e. The molecule has 1 aliphatic heterocycles. The number of anilines is 1. The molecule has 142 valence electrons. The number of halogens is 3. The SMILES string of the molecule is Cc1c(N2CCN(CC(C)C)C(=O)C2)nn2c(C(F)(F)F)nnc2c1C. The minimum atomic E-state index is -4.66. The molecular weight excluding hydrogens is 349 g/mol. The Bertz CT molecular complexity index is 845. The van der Waals surface area contributed by atoms with Gasteiger partial charge in [0.05, 0.1) is 6.54 Å². The highest BCUT2D eigenvalue weighted by Crippen LogP contribution is 2.30. The lowest BCUT2D eigenvalue weighted by Gasteiger charge is -2.36. The highest BCUT2D eigenvalue weighted by atomic mass is 19.4. The van der Waals surface area contributed by atoms with Gasteiger partial charge in [0.25, 0.3) is 5.82 Å². The lowest BCUT2D eigenvalue weighted by atomic mass is 10.1. The highest BCUT2D eigenvalue weighted by Gasteiger charge is 2.38. The van der Waals surface area contributed by atoms with Gasteiger partial charge in [0, 0.05) is 30.8 Å². The van der Waals surface area contributed by atoms with Crippen LogP contribution in [-0.2, 0) is 11.0 Å². The van der Waals surface area contributed by atoms with Crippen LogP contribution >= 0.6 is 0 Å². The second kappa shape index (κ2) is 6.40. The molecule has 0 aromatic carbocycles. The summed E-state index contributed by atoms with van der Waals surface area (Å²) in [6.07, 6.45) is -4.66. The topological polar surface area (TPSA) is 66.6 Å². The number of hydrogen-bond donors (Lipinski definition) is 0. The summed E-state index contributed by atoms with van der Waals surface area (Å²) in [5, 5.41) is 11.0. The van der Waals surface area contributed by atoms with Crippen LogP contribution in [0.25, 0.3) is 5.65 Å². The molecule has 0 radical (unpaired) electrons. The zero-order valence-corrected chi connectivity index (χ0v) is 15.1. The van der Waals surface area contributed by atoms with E-state index in [9.17, 15) is 18.0 Å². The summed E-state index contributed by atoms with van der Waals surface area (Å²) in [5.41, 5.74) is 1.34. The molecule has 0 spiro atoms. The molecular formula is C16H21F3N6O. The molecule has 2 aromatic rings. The molecule has 2 aromatic heterocycles. The Morgan fingerprint density at radius 3 is 2.38 bits per heavy atom. The van der Waals surface area contributed by atoms with Crippen LogP contribution in [0.1, 0.15) is 30.8 Å². The van der Waals surface area contributed by atoms with Crippen LogP contribution in [0.2, 0.25) is 0 Å². The van der Waals surface area contributed by atoms with Crippen molar-refractivity contribution in [1.29, 1.82) is 0 Å². The molecule has 3 heterocycles. The van der Waals surface area contributed by atoms with Crippen molar-refractivity contribution in [2.24, 2.45) is 5.92 Å². The van der Waals surface area contributed by atoms with Gasteiger partial charge in [-0.15, -0.1) is 15.3 Å². The first kappa shape index (κ1) is 18.4. The molecule has 26 heavy (non-hydrogen) atoms. The third kappa shape index (κ3) is 3.19. The fraction of sp³-hybridized carbons (Fsp3) is 0.625. The van der Waals surface area contributed by atoms with E-state index < -0.39 is 12.0 Å². The van der Waals surface area contributed by atoms with Gasteiger partial charge in [-0.1, -0.05) is 13.8 Å². The quantitative estimate of drug-likeness (QED) is 0.828. The molecule has 0 N–H and O–H groups in total. The van der Waals surface area contributed by atoms with E-state index in [1.54, 1.807) is 23.6 Å². The van der Waals surface area contributed by atoms with Gasteiger partial charge < -0.3 is 9.80 Å². The summed E-state index contributed by atoms with van der Waals surface area (Å²) in [6, 6.07) is 0. The molecule has 0 atom stereocenters. The maximum Gasteiger partial charge on any atom is 0.453 e. The Hall–Kier alpha value is -2.39. The second-order valence-corrected chi connectivity index (χ2v) is 6.99. The van der Waals surface area contributed by atoms with Gasteiger partial charge >= 0.3 is 6.18 Å². The Kier molecular flexibility index (Phi) is 4.53. The lowest BCUT2D eigenvalue weighted by Crippen LogP contribution is -2.51. The summed E-state index contributed by atoms with van der Waals surface area (Å²) in [7, 11) is 0. The first-order chi connectivity index (χ1) is 12.1. The first-order valence-electron chi connectivity index (χ1n) is 8.42. The Balaban J connectivity index is 1.98. The molecule has 0 unspecified atom stereocenters. The predicted molar refractivity (Wildman–Crippen MR) is 88.9 cm³/mol. The number of aromatic nitrogens is 4. The first-order valence-corrected chi connectivity index (χ1v) is 8.42. The van der Waals surface area contributed by atoms with Crippen molar-refractivity contribution >= 4 is 17.4 Å². The smallest absolute Gasteiger partial charge is 0.344 e. The number of aryl methyl sites for hydroxylation is 1. The molecule has 3 rings (SSSR count). The average Bonchev–Trinajstić information content (AvgIpc) is 2.96. The Morgan fingerprint density at radius 1 is 1.12 bits per heavy atom. The van der Waals surface area contributed by atoms with E-state index in [2.05, 4.69) is 15.3 Å². The van der Waals surface area contributed by atoms with Gasteiger partial charge in [0.15, 0.2) is 11.5 Å². The van der Waals surface area contributed by atoms with Gasteiger partial charge in [-0.05, 0) is 19.8 Å². The third-order valence-corrected chi connectivity index (χ3v) is 4.53. The van der Waals surface area contributed by atoms with E-state index in [0.717, 1.165) is 4.52 Å². The van der Waals surface area contributed by atoms with E-state index in [0.29, 0.717) is 42.5 Å². The van der Waals surface area contributed by atoms with Crippen molar-refractivity contribution in [2.75, 3.05) is 31.1 Å². The molecule has 1 amide bonds. The summed E-state index contributed by atoms with van der Waals surface area (Å²) < 4.78 is 40.2. The Labute approximate surface area is 148 Å². The predicted octanol–water partition coefficient (Wildman–Crippen LogP) is 2.06. The van der Waals surface area contributed by atoms with Crippen LogP contribution in [0.5, 0.6) is 0 Å². The molecule has 7 nitrogen and oxygen atoms in total. The van der Waals surface area contributed by atoms with E-state index in [1.165, 1.54) is 0 Å². The third-order valence-electron chi connectivity index (χ3n) is 4.53. The maximum atomic E-state index is 13.2. The van der Waals surface area contributed by atoms with E-state index >= 15 is 0 Å². The van der Waals surface area contributed by atoms with E-state index in [1.807, 2.05) is 13.8 Å². The molecule has 1 fully saturated rings. The van der Waals surface area contributed by atoms with E-state index in [4.69, 9.17) is 0 Å². The molecule has 0 saturated carbocycles. The van der Waals surface area contributed by atoms with Crippen molar-refractivity contribution < 1.29 is 18.0 Å². The van der Waals surface area contributed by atoms with Crippen LogP contribution in [0.15, 0.2) is 0 Å². The zero-order chi connectivity index (χ0) is 19.2. The van der Waals surface area contributed by atoms with Crippen LogP contribution in [0, 0.1) is 19.8 Å². The number of rotatable bonds is 3. The number of amides is 1. The van der Waals surface area contributed by atoms with Crippen molar-refractivity contribution in [2.45, 2.75) is 33.9 Å². The normalized spacial score (nSPS) is 16.2. The van der Waals surface area contributed by atoms with Crippen LogP contribution < -0.4 is 4.90 Å². The van der Waals surface area contributed by atoms with Gasteiger partial charge in [0.2, 0.25) is 5.91 Å². The summed E-state index contributed by atoms with van der Waals surface area (Å²) in [5.74, 6) is -0.501. The fourth-order valence-electron chi connectivity index (χ4n) is 3.11. The molecule has 1 saturated heterocycles. The van der Waals surface area contributed by atoms with E-state index in [-0.39, 0.29) is 18.1 Å². The zero-order valence-electron chi connectivity index (χ0n) is 15.1. The van der Waals surface area contributed by atoms with Crippen molar-refractivity contribution in [3.63, 3.8) is 0 Å². The van der Waals surface area contributed by atoms with Crippen LogP contribution in [0.3, 0.4) is 0 Å². The number of hydrogen-bond acceptors (Lipinski definition) is 5. The summed E-state index contributed by atoms with van der Waals surface area (Å²) >= 11 is 0. The standard InChI is InChI=1S/C16H21F3N6O/c1-9(2)7-23-5-6-24(8-12(23)26)14-11(4)10(3)13-20-21-15(16(17,18)19)25(13)22-14/h9H,5-8H2,1-4H3. The number of nitrogens with zero attached hydrogens (tertiary/aromatic N) is 6.